The van der Waals surface area contributed by atoms with Crippen molar-refractivity contribution in [2.75, 3.05) is 32.0 Å². The third-order valence-corrected chi connectivity index (χ3v) is 6.23. The molecular weight excluding hydrogens is 423 g/mol. The molecule has 0 radical (unpaired) electrons. The van der Waals surface area contributed by atoms with Crippen LogP contribution in [0.3, 0.4) is 0 Å². The largest absolute Gasteiger partial charge is 0.417 e. The van der Waals surface area contributed by atoms with Gasteiger partial charge in [-0.2, -0.15) is 30.2 Å². The smallest absolute Gasteiger partial charge is 0.373 e. The molecule has 1 fully saturated rings. The number of likely N-dealkylation sites (N-methyl/N-ethyl adjacent to an activating group) is 1. The zero-order valence-corrected chi connectivity index (χ0v) is 17.0. The lowest BCUT2D eigenvalue weighted by atomic mass is 10.2. The van der Waals surface area contributed by atoms with E-state index in [1.807, 2.05) is 0 Å². The quantitative estimate of drug-likeness (QED) is 0.758. The zero-order valence-electron chi connectivity index (χ0n) is 15.5. The molecular formula is C16H21ClF3N3O4S. The molecule has 1 aromatic carbocycles. The van der Waals surface area contributed by atoms with E-state index in [2.05, 4.69) is 5.32 Å². The van der Waals surface area contributed by atoms with E-state index in [-0.39, 0.29) is 31.0 Å². The summed E-state index contributed by atoms with van der Waals surface area (Å²) in [4.78, 5) is 12.2. The highest BCUT2D eigenvalue weighted by Crippen LogP contribution is 2.36. The number of carbonyl (C=O) groups excluding carboxylic acids is 1. The SMILES string of the molecule is C[C@@H]1CN(S(=O)(=O)N(C)CC(=O)Nc2ccc(Cl)c(C(F)(F)F)c2)C[C@H](C)O1. The molecule has 1 aromatic rings. The summed E-state index contributed by atoms with van der Waals surface area (Å²) in [6, 6.07) is 2.91. The Hall–Kier alpha value is -1.40. The number of rotatable bonds is 5. The van der Waals surface area contributed by atoms with Gasteiger partial charge in [0.25, 0.3) is 10.2 Å². The molecule has 0 bridgehead atoms. The molecule has 0 unspecified atom stereocenters. The number of amides is 1. The maximum absolute atomic E-state index is 12.9. The Kier molecular flexibility index (Phi) is 6.98. The predicted octanol–water partition coefficient (Wildman–Crippen LogP) is 2.58. The summed E-state index contributed by atoms with van der Waals surface area (Å²) in [5, 5.41) is 1.76. The van der Waals surface area contributed by atoms with Crippen molar-refractivity contribution < 1.29 is 31.1 Å². The summed E-state index contributed by atoms with van der Waals surface area (Å²) >= 11 is 5.54. The van der Waals surface area contributed by atoms with Crippen LogP contribution in [0.1, 0.15) is 19.4 Å². The van der Waals surface area contributed by atoms with Crippen molar-refractivity contribution in [3.63, 3.8) is 0 Å². The number of alkyl halides is 3. The first-order valence-electron chi connectivity index (χ1n) is 8.34. The van der Waals surface area contributed by atoms with Crippen molar-refractivity contribution >= 4 is 33.4 Å². The van der Waals surface area contributed by atoms with E-state index >= 15 is 0 Å². The van der Waals surface area contributed by atoms with Crippen LogP contribution in [0.4, 0.5) is 18.9 Å². The fraction of sp³-hybridized carbons (Fsp3) is 0.562. The van der Waals surface area contributed by atoms with Gasteiger partial charge >= 0.3 is 6.18 Å². The molecule has 2 rings (SSSR count). The van der Waals surface area contributed by atoms with Crippen LogP contribution in [0.25, 0.3) is 0 Å². The highest BCUT2D eigenvalue weighted by atomic mass is 35.5. The summed E-state index contributed by atoms with van der Waals surface area (Å²) < 4.78 is 71.5. The summed E-state index contributed by atoms with van der Waals surface area (Å²) in [5.41, 5.74) is -1.23. The molecule has 158 valence electrons. The molecule has 1 saturated heterocycles. The Morgan fingerprint density at radius 2 is 1.89 bits per heavy atom. The minimum Gasteiger partial charge on any atom is -0.373 e. The van der Waals surface area contributed by atoms with Gasteiger partial charge in [0.05, 0.1) is 29.3 Å². The summed E-state index contributed by atoms with van der Waals surface area (Å²) in [5.74, 6) is -0.782. The van der Waals surface area contributed by atoms with Gasteiger partial charge in [-0.3, -0.25) is 4.79 Å². The Bertz CT molecular complexity index is 825. The van der Waals surface area contributed by atoms with Crippen LogP contribution in [0.5, 0.6) is 0 Å². The van der Waals surface area contributed by atoms with Crippen molar-refractivity contribution in [1.29, 1.82) is 0 Å². The van der Waals surface area contributed by atoms with Crippen molar-refractivity contribution in [1.82, 2.24) is 8.61 Å². The lowest BCUT2D eigenvalue weighted by Gasteiger charge is -2.36. The number of hydrogen-bond donors (Lipinski definition) is 1. The van der Waals surface area contributed by atoms with Gasteiger partial charge in [-0.1, -0.05) is 11.6 Å². The minimum absolute atomic E-state index is 0.138. The van der Waals surface area contributed by atoms with E-state index in [1.54, 1.807) is 13.8 Å². The summed E-state index contributed by atoms with van der Waals surface area (Å²) in [7, 11) is -2.70. The number of ether oxygens (including phenoxy) is 1. The second kappa shape index (κ2) is 8.54. The van der Waals surface area contributed by atoms with Crippen LogP contribution < -0.4 is 5.32 Å². The third kappa shape index (κ3) is 5.57. The highest BCUT2D eigenvalue weighted by molar-refractivity contribution is 7.86. The van der Waals surface area contributed by atoms with E-state index in [9.17, 15) is 26.4 Å². The first-order chi connectivity index (χ1) is 12.8. The molecule has 1 N–H and O–H groups in total. The fourth-order valence-electron chi connectivity index (χ4n) is 2.82. The summed E-state index contributed by atoms with van der Waals surface area (Å²) in [6.45, 7) is 3.20. The highest BCUT2D eigenvalue weighted by Gasteiger charge is 2.35. The van der Waals surface area contributed by atoms with Gasteiger partial charge in [-0.15, -0.1) is 0 Å². The molecule has 1 aliphatic rings. The van der Waals surface area contributed by atoms with E-state index in [0.29, 0.717) is 6.07 Å². The molecule has 28 heavy (non-hydrogen) atoms. The number of hydrogen-bond acceptors (Lipinski definition) is 4. The summed E-state index contributed by atoms with van der Waals surface area (Å²) in [6.07, 6.45) is -5.27. The number of anilines is 1. The van der Waals surface area contributed by atoms with E-state index in [4.69, 9.17) is 16.3 Å². The third-order valence-electron chi connectivity index (χ3n) is 4.03. The van der Waals surface area contributed by atoms with Gasteiger partial charge < -0.3 is 10.1 Å². The van der Waals surface area contributed by atoms with E-state index in [1.165, 1.54) is 17.4 Å². The van der Waals surface area contributed by atoms with E-state index in [0.717, 1.165) is 10.4 Å². The number of benzene rings is 1. The number of halogens is 4. The van der Waals surface area contributed by atoms with Crippen LogP contribution in [0.15, 0.2) is 18.2 Å². The van der Waals surface area contributed by atoms with Gasteiger partial charge in [0, 0.05) is 25.8 Å². The number of nitrogens with zero attached hydrogens (tertiary/aromatic N) is 2. The molecule has 1 heterocycles. The Morgan fingerprint density at radius 1 is 1.32 bits per heavy atom. The first-order valence-corrected chi connectivity index (χ1v) is 10.1. The molecule has 0 saturated carbocycles. The second-order valence-electron chi connectivity index (χ2n) is 6.58. The van der Waals surface area contributed by atoms with Gasteiger partial charge in [-0.25, -0.2) is 0 Å². The Balaban J connectivity index is 2.06. The van der Waals surface area contributed by atoms with Gasteiger partial charge in [0.1, 0.15) is 0 Å². The van der Waals surface area contributed by atoms with Crippen molar-refractivity contribution in [2.45, 2.75) is 32.2 Å². The number of carbonyl (C=O) groups is 1. The standard InChI is InChI=1S/C16H21ClF3N3O4S/c1-10-7-23(8-11(2)27-10)28(25,26)22(3)9-15(24)21-12-4-5-14(17)13(6-12)16(18,19)20/h4-6,10-11H,7-9H2,1-3H3,(H,21,24)/t10-,11+. The van der Waals surface area contributed by atoms with E-state index < -0.39 is 39.4 Å². The maximum atomic E-state index is 12.9. The molecule has 12 heteroatoms. The van der Waals surface area contributed by atoms with Crippen molar-refractivity contribution in [3.05, 3.63) is 28.8 Å². The predicted molar refractivity (Wildman–Crippen MR) is 98.2 cm³/mol. The van der Waals surface area contributed by atoms with Crippen molar-refractivity contribution in [3.8, 4) is 0 Å². The topological polar surface area (TPSA) is 79.0 Å². The monoisotopic (exact) mass is 443 g/mol. The average molecular weight is 444 g/mol. The molecule has 1 aliphatic heterocycles. The molecule has 7 nitrogen and oxygen atoms in total. The molecule has 1 amide bonds. The van der Waals surface area contributed by atoms with Crippen LogP contribution in [-0.2, 0) is 25.9 Å². The first kappa shape index (κ1) is 22.9. The average Bonchev–Trinajstić information content (AvgIpc) is 2.54. The molecule has 2 atom stereocenters. The number of nitrogens with one attached hydrogen (secondary N) is 1. The van der Waals surface area contributed by atoms with Gasteiger partial charge in [-0.05, 0) is 32.0 Å². The van der Waals surface area contributed by atoms with Gasteiger partial charge in [0.15, 0.2) is 0 Å². The normalized spacial score (nSPS) is 21.7. The van der Waals surface area contributed by atoms with Crippen LogP contribution in [0.2, 0.25) is 5.02 Å². The van der Waals surface area contributed by atoms with Crippen LogP contribution in [0, 0.1) is 0 Å². The number of morpholine rings is 1. The Morgan fingerprint density at radius 3 is 2.43 bits per heavy atom. The molecule has 0 spiro atoms. The molecule has 0 aromatic heterocycles. The lowest BCUT2D eigenvalue weighted by molar-refractivity contribution is -0.137. The van der Waals surface area contributed by atoms with Gasteiger partial charge in [0.2, 0.25) is 5.91 Å². The zero-order chi connectivity index (χ0) is 21.3. The minimum atomic E-state index is -4.68. The lowest BCUT2D eigenvalue weighted by Crippen LogP contribution is -2.53. The second-order valence-corrected chi connectivity index (χ2v) is 9.02. The maximum Gasteiger partial charge on any atom is 0.417 e. The van der Waals surface area contributed by atoms with Crippen LogP contribution in [-0.4, -0.2) is 61.8 Å². The Labute approximate surface area is 166 Å². The van der Waals surface area contributed by atoms with Crippen molar-refractivity contribution in [2.24, 2.45) is 0 Å². The fourth-order valence-corrected chi connectivity index (χ4v) is 4.52. The van der Waals surface area contributed by atoms with Crippen LogP contribution >= 0.6 is 11.6 Å². The molecule has 0 aliphatic carbocycles.